The molecular weight excluding hydrogens is 236 g/mol. The molecule has 3 heteroatoms. The van der Waals surface area contributed by atoms with Crippen LogP contribution in [-0.2, 0) is 10.2 Å². The van der Waals surface area contributed by atoms with Crippen LogP contribution in [0.2, 0.25) is 0 Å². The third kappa shape index (κ3) is 2.97. The van der Waals surface area contributed by atoms with Gasteiger partial charge in [-0.05, 0) is 38.4 Å². The summed E-state index contributed by atoms with van der Waals surface area (Å²) in [6.07, 6.45) is 1.67. The van der Waals surface area contributed by atoms with Gasteiger partial charge in [0.15, 0.2) is 0 Å². The van der Waals surface area contributed by atoms with Crippen molar-refractivity contribution in [3.8, 4) is 11.8 Å². The Morgan fingerprint density at radius 1 is 1.32 bits per heavy atom. The Bertz CT molecular complexity index is 478. The topological polar surface area (TPSA) is 41.1 Å². The van der Waals surface area contributed by atoms with Crippen molar-refractivity contribution < 1.29 is 4.79 Å². The highest BCUT2D eigenvalue weighted by Crippen LogP contribution is 2.33. The zero-order valence-electron chi connectivity index (χ0n) is 11.3. The molecule has 0 radical (unpaired) electrons. The lowest BCUT2D eigenvalue weighted by Crippen LogP contribution is -2.50. The molecule has 1 aromatic rings. The van der Waals surface area contributed by atoms with Crippen LogP contribution in [0.1, 0.15) is 25.3 Å². The van der Waals surface area contributed by atoms with Gasteiger partial charge in [-0.2, -0.15) is 0 Å². The Hall–Kier alpha value is -1.79. The number of benzene rings is 1. The molecule has 1 aliphatic heterocycles. The number of nitrogens with one attached hydrogen (secondary N) is 2. The first-order valence-electron chi connectivity index (χ1n) is 6.74. The summed E-state index contributed by atoms with van der Waals surface area (Å²) in [6.45, 7) is 3.96. The number of rotatable bonds is 3. The van der Waals surface area contributed by atoms with E-state index >= 15 is 0 Å². The molecule has 0 bridgehead atoms. The summed E-state index contributed by atoms with van der Waals surface area (Å²) in [5.41, 5.74) is 0.709. The van der Waals surface area contributed by atoms with Gasteiger partial charge >= 0.3 is 0 Å². The molecule has 1 amide bonds. The van der Waals surface area contributed by atoms with E-state index in [0.717, 1.165) is 31.5 Å². The van der Waals surface area contributed by atoms with Crippen molar-refractivity contribution in [1.29, 1.82) is 0 Å². The smallest absolute Gasteiger partial charge is 0.231 e. The van der Waals surface area contributed by atoms with E-state index in [2.05, 4.69) is 34.6 Å². The van der Waals surface area contributed by atoms with Gasteiger partial charge in [-0.1, -0.05) is 36.3 Å². The minimum absolute atomic E-state index is 0.1000. The van der Waals surface area contributed by atoms with Crippen molar-refractivity contribution in [3.63, 3.8) is 0 Å². The average Bonchev–Trinajstić information content (AvgIpc) is 2.49. The van der Waals surface area contributed by atoms with Crippen molar-refractivity contribution in [2.75, 3.05) is 19.6 Å². The van der Waals surface area contributed by atoms with E-state index in [-0.39, 0.29) is 5.91 Å². The monoisotopic (exact) mass is 256 g/mol. The summed E-state index contributed by atoms with van der Waals surface area (Å²) >= 11 is 0. The molecule has 0 aromatic heterocycles. The van der Waals surface area contributed by atoms with Gasteiger partial charge in [-0.25, -0.2) is 0 Å². The molecule has 1 heterocycles. The highest BCUT2D eigenvalue weighted by molar-refractivity contribution is 5.88. The van der Waals surface area contributed by atoms with Crippen LogP contribution in [0.15, 0.2) is 30.3 Å². The first kappa shape index (κ1) is 13.6. The minimum atomic E-state index is -0.401. The molecular formula is C16H20N2O. The van der Waals surface area contributed by atoms with E-state index in [9.17, 15) is 4.79 Å². The van der Waals surface area contributed by atoms with Crippen LogP contribution in [0.5, 0.6) is 0 Å². The lowest BCUT2D eigenvalue weighted by molar-refractivity contribution is -0.127. The maximum absolute atomic E-state index is 12.6. The molecule has 0 unspecified atom stereocenters. The van der Waals surface area contributed by atoms with Gasteiger partial charge in [0.25, 0.3) is 0 Å². The number of carbonyl (C=O) groups excluding carboxylic acids is 1. The Labute approximate surface area is 114 Å². The molecule has 2 rings (SSSR count). The number of amides is 1. The fraction of sp³-hybridized carbons (Fsp3) is 0.438. The van der Waals surface area contributed by atoms with Crippen LogP contribution in [0, 0.1) is 11.8 Å². The zero-order valence-corrected chi connectivity index (χ0v) is 11.3. The molecule has 0 spiro atoms. The van der Waals surface area contributed by atoms with Crippen LogP contribution in [-0.4, -0.2) is 25.5 Å². The van der Waals surface area contributed by atoms with Gasteiger partial charge in [-0.15, -0.1) is 5.92 Å². The molecule has 3 nitrogen and oxygen atoms in total. The Morgan fingerprint density at radius 3 is 2.63 bits per heavy atom. The Kier molecular flexibility index (Phi) is 4.59. The molecule has 2 N–H and O–H groups in total. The lowest BCUT2D eigenvalue weighted by atomic mass is 9.72. The second kappa shape index (κ2) is 6.40. The van der Waals surface area contributed by atoms with Crippen LogP contribution >= 0.6 is 0 Å². The molecule has 1 aliphatic rings. The van der Waals surface area contributed by atoms with Gasteiger partial charge < -0.3 is 10.6 Å². The predicted octanol–water partition coefficient (Wildman–Crippen LogP) is 1.45. The van der Waals surface area contributed by atoms with E-state index in [1.54, 1.807) is 6.92 Å². The lowest BCUT2D eigenvalue weighted by Gasteiger charge is -2.36. The second-order valence-electron chi connectivity index (χ2n) is 4.81. The number of carbonyl (C=O) groups is 1. The summed E-state index contributed by atoms with van der Waals surface area (Å²) in [5.74, 6) is 5.79. The summed E-state index contributed by atoms with van der Waals surface area (Å²) in [5, 5.41) is 6.28. The van der Waals surface area contributed by atoms with E-state index in [0.29, 0.717) is 6.54 Å². The Morgan fingerprint density at radius 2 is 2.00 bits per heavy atom. The average molecular weight is 256 g/mol. The molecule has 1 aromatic carbocycles. The van der Waals surface area contributed by atoms with E-state index < -0.39 is 5.41 Å². The Balaban J connectivity index is 2.23. The van der Waals surface area contributed by atoms with Crippen molar-refractivity contribution >= 4 is 5.91 Å². The first-order chi connectivity index (χ1) is 9.29. The maximum atomic E-state index is 12.6. The predicted molar refractivity (Wildman–Crippen MR) is 76.7 cm³/mol. The molecule has 0 aliphatic carbocycles. The van der Waals surface area contributed by atoms with Gasteiger partial charge in [0.1, 0.15) is 0 Å². The highest BCUT2D eigenvalue weighted by Gasteiger charge is 2.40. The third-order valence-corrected chi connectivity index (χ3v) is 3.73. The quantitative estimate of drug-likeness (QED) is 0.804. The van der Waals surface area contributed by atoms with Crippen LogP contribution in [0.4, 0.5) is 0 Å². The summed E-state index contributed by atoms with van der Waals surface area (Å²) in [6, 6.07) is 10.1. The summed E-state index contributed by atoms with van der Waals surface area (Å²) < 4.78 is 0. The molecule has 1 fully saturated rings. The molecule has 1 saturated heterocycles. The highest BCUT2D eigenvalue weighted by atomic mass is 16.2. The van der Waals surface area contributed by atoms with Crippen molar-refractivity contribution in [1.82, 2.24) is 10.6 Å². The van der Waals surface area contributed by atoms with E-state index in [1.807, 2.05) is 18.2 Å². The fourth-order valence-corrected chi connectivity index (χ4v) is 2.64. The van der Waals surface area contributed by atoms with Gasteiger partial charge in [0.05, 0.1) is 12.0 Å². The van der Waals surface area contributed by atoms with Crippen molar-refractivity contribution in [2.24, 2.45) is 0 Å². The first-order valence-corrected chi connectivity index (χ1v) is 6.74. The molecule has 0 atom stereocenters. The standard InChI is InChI=1S/C16H20N2O/c1-2-3-11-18-15(19)16(9-12-17-13-10-16)14-7-5-4-6-8-14/h4-8,17H,9-13H2,1H3,(H,18,19). The van der Waals surface area contributed by atoms with Gasteiger partial charge in [-0.3, -0.25) is 4.79 Å². The van der Waals surface area contributed by atoms with Gasteiger partial charge in [0.2, 0.25) is 5.91 Å². The van der Waals surface area contributed by atoms with E-state index in [1.165, 1.54) is 0 Å². The van der Waals surface area contributed by atoms with Crippen LogP contribution in [0.3, 0.4) is 0 Å². The SMILES string of the molecule is CC#CCNC(=O)C1(c2ccccc2)CCNCC1. The van der Waals surface area contributed by atoms with Crippen LogP contribution in [0.25, 0.3) is 0 Å². The maximum Gasteiger partial charge on any atom is 0.231 e. The minimum Gasteiger partial charge on any atom is -0.344 e. The molecule has 19 heavy (non-hydrogen) atoms. The number of hydrogen-bond acceptors (Lipinski definition) is 2. The third-order valence-electron chi connectivity index (χ3n) is 3.73. The zero-order chi connectivity index (χ0) is 13.6. The van der Waals surface area contributed by atoms with Crippen molar-refractivity contribution in [2.45, 2.75) is 25.2 Å². The number of piperidine rings is 1. The largest absolute Gasteiger partial charge is 0.344 e. The second-order valence-corrected chi connectivity index (χ2v) is 4.81. The normalized spacial score (nSPS) is 17.1. The van der Waals surface area contributed by atoms with Gasteiger partial charge in [0, 0.05) is 0 Å². The molecule has 0 saturated carbocycles. The van der Waals surface area contributed by atoms with Crippen LogP contribution < -0.4 is 10.6 Å². The molecule has 100 valence electrons. The summed E-state index contributed by atoms with van der Waals surface area (Å²) in [7, 11) is 0. The fourth-order valence-electron chi connectivity index (χ4n) is 2.64. The van der Waals surface area contributed by atoms with Crippen molar-refractivity contribution in [3.05, 3.63) is 35.9 Å². The number of hydrogen-bond donors (Lipinski definition) is 2. The summed E-state index contributed by atoms with van der Waals surface area (Å²) in [4.78, 5) is 12.6. The van der Waals surface area contributed by atoms with E-state index in [4.69, 9.17) is 0 Å².